The van der Waals surface area contributed by atoms with Gasteiger partial charge in [0.25, 0.3) is 0 Å². The lowest BCUT2D eigenvalue weighted by Gasteiger charge is -2.32. The largest absolute Gasteiger partial charge is 0.494 e. The van der Waals surface area contributed by atoms with Crippen molar-refractivity contribution in [2.45, 2.75) is 38.9 Å². The molecule has 8 heteroatoms. The van der Waals surface area contributed by atoms with Crippen molar-refractivity contribution in [2.24, 2.45) is 0 Å². The molecule has 0 spiro atoms. The first kappa shape index (κ1) is 18.2. The normalized spacial score (nSPS) is 18.5. The summed E-state index contributed by atoms with van der Waals surface area (Å²) in [6, 6.07) is 7.89. The van der Waals surface area contributed by atoms with Crippen LogP contribution in [-0.2, 0) is 9.31 Å². The Bertz CT molecular complexity index is 680. The van der Waals surface area contributed by atoms with Gasteiger partial charge in [0.2, 0.25) is 0 Å². The first-order chi connectivity index (χ1) is 10.7. The number of aromatic nitrogens is 1. The Hall–Kier alpha value is -1.11. The van der Waals surface area contributed by atoms with Crippen molar-refractivity contribution in [1.82, 2.24) is 4.98 Å². The van der Waals surface area contributed by atoms with E-state index in [1.54, 1.807) is 6.20 Å². The van der Waals surface area contributed by atoms with Gasteiger partial charge < -0.3 is 19.4 Å². The van der Waals surface area contributed by atoms with E-state index < -0.39 is 0 Å². The molecule has 0 aliphatic carbocycles. The average Bonchev–Trinajstić information content (AvgIpc) is 2.68. The molecular formula is C15H19B2ClNO4. The smallest absolute Gasteiger partial charge is 0.429 e. The molecule has 1 aromatic carbocycles. The quantitative estimate of drug-likeness (QED) is 0.777. The molecule has 0 bridgehead atoms. The predicted molar refractivity (Wildman–Crippen MR) is 92.7 cm³/mol. The zero-order valence-electron chi connectivity index (χ0n) is 13.6. The highest BCUT2D eigenvalue weighted by atomic mass is 35.5. The molecule has 1 aliphatic heterocycles. The molecule has 2 heterocycles. The minimum absolute atomic E-state index is 0. The minimum Gasteiger partial charge on any atom is -0.429 e. The number of benzene rings is 1. The van der Waals surface area contributed by atoms with Crippen molar-refractivity contribution in [2.75, 3.05) is 0 Å². The van der Waals surface area contributed by atoms with Gasteiger partial charge in [-0.25, -0.2) is 0 Å². The fraction of sp³-hybridized carbons (Fsp3) is 0.400. The lowest BCUT2D eigenvalue weighted by atomic mass is 9.79. The summed E-state index contributed by atoms with van der Waals surface area (Å²) in [5.74, 6) is 0. The highest BCUT2D eigenvalue weighted by Crippen LogP contribution is 2.36. The lowest BCUT2D eigenvalue weighted by Crippen LogP contribution is -2.41. The zero-order chi connectivity index (χ0) is 17.3. The minimum atomic E-state index is -0.359. The van der Waals surface area contributed by atoms with Gasteiger partial charge in [0.15, 0.2) is 0 Å². The molecule has 2 N–H and O–H groups in total. The molecule has 1 aliphatic rings. The van der Waals surface area contributed by atoms with Crippen molar-refractivity contribution in [3.05, 3.63) is 35.5 Å². The molecule has 0 saturated carbocycles. The summed E-state index contributed by atoms with van der Waals surface area (Å²) in [7, 11) is -0.359. The second-order valence-corrected chi connectivity index (χ2v) is 6.75. The topological polar surface area (TPSA) is 71.8 Å². The second kappa shape index (κ2) is 6.79. The van der Waals surface area contributed by atoms with Crippen LogP contribution in [0.5, 0.6) is 0 Å². The molecule has 1 fully saturated rings. The van der Waals surface area contributed by atoms with Gasteiger partial charge in [-0.15, -0.1) is 0 Å². The zero-order valence-corrected chi connectivity index (χ0v) is 14.3. The van der Waals surface area contributed by atoms with Crippen LogP contribution in [0.2, 0.25) is 5.02 Å². The molecule has 0 atom stereocenters. The molecule has 121 valence electrons. The lowest BCUT2D eigenvalue weighted by molar-refractivity contribution is 0.00578. The molecule has 1 saturated heterocycles. The standard InChI is InChI=1S/C15H17BClNO2.BH2O2/c1-14(2)15(3,4)20-16(19-14)11-6-5-10-7-12(17)9-18-13(10)8-11;2-1-3/h5-9H,1-4H3;2-3H. The molecule has 5 nitrogen and oxygen atoms in total. The van der Waals surface area contributed by atoms with E-state index >= 15 is 0 Å². The maximum absolute atomic E-state index is 7.00. The fourth-order valence-electron chi connectivity index (χ4n) is 2.24. The summed E-state index contributed by atoms with van der Waals surface area (Å²) in [5, 5.41) is 15.7. The molecular weight excluding hydrogens is 315 g/mol. The molecule has 1 radical (unpaired) electrons. The van der Waals surface area contributed by atoms with Gasteiger partial charge in [-0.2, -0.15) is 0 Å². The number of fused-ring (bicyclic) bond motifs is 1. The second-order valence-electron chi connectivity index (χ2n) is 6.31. The number of hydrogen-bond acceptors (Lipinski definition) is 5. The van der Waals surface area contributed by atoms with Crippen LogP contribution < -0.4 is 5.46 Å². The maximum Gasteiger partial charge on any atom is 0.494 e. The van der Waals surface area contributed by atoms with Gasteiger partial charge in [0.05, 0.1) is 21.7 Å². The summed E-state index contributed by atoms with van der Waals surface area (Å²) in [4.78, 5) is 4.34. The Morgan fingerprint density at radius 1 is 1.09 bits per heavy atom. The average molecular weight is 334 g/mol. The third-order valence-corrected chi connectivity index (χ3v) is 4.41. The summed E-state index contributed by atoms with van der Waals surface area (Å²) < 4.78 is 12.1. The molecule has 0 unspecified atom stereocenters. The molecule has 0 amide bonds. The van der Waals surface area contributed by atoms with Crippen LogP contribution in [0, 0.1) is 0 Å². The van der Waals surface area contributed by atoms with Gasteiger partial charge in [-0.3, -0.25) is 4.98 Å². The van der Waals surface area contributed by atoms with E-state index in [2.05, 4.69) is 4.98 Å². The summed E-state index contributed by atoms with van der Waals surface area (Å²) in [5.41, 5.74) is 1.20. The Kier molecular flexibility index (Phi) is 5.38. The highest BCUT2D eigenvalue weighted by molar-refractivity contribution is 6.62. The number of halogens is 1. The van der Waals surface area contributed by atoms with Crippen LogP contribution in [0.3, 0.4) is 0 Å². The predicted octanol–water partition coefficient (Wildman–Crippen LogP) is 1.69. The van der Waals surface area contributed by atoms with Gasteiger partial charge in [-0.1, -0.05) is 23.7 Å². The molecule has 2 aromatic rings. The van der Waals surface area contributed by atoms with Crippen LogP contribution in [0.4, 0.5) is 0 Å². The summed E-state index contributed by atoms with van der Waals surface area (Å²) >= 11 is 5.95. The van der Waals surface area contributed by atoms with Crippen LogP contribution in [0.25, 0.3) is 10.9 Å². The SMILES string of the molecule is CC1(C)OB(c2ccc3cc(Cl)cnc3c2)OC1(C)C.O[B]O. The molecule has 3 rings (SSSR count). The number of pyridine rings is 1. The first-order valence-corrected chi connectivity index (χ1v) is 7.59. The van der Waals surface area contributed by atoms with Gasteiger partial charge >= 0.3 is 14.8 Å². The third kappa shape index (κ3) is 3.87. The van der Waals surface area contributed by atoms with Gasteiger partial charge in [-0.05, 0) is 45.3 Å². The summed E-state index contributed by atoms with van der Waals surface area (Å²) in [6.07, 6.45) is 1.65. The highest BCUT2D eigenvalue weighted by Gasteiger charge is 2.51. The van der Waals surface area contributed by atoms with Crippen LogP contribution in [-0.4, -0.2) is 41.0 Å². The van der Waals surface area contributed by atoms with E-state index in [1.165, 1.54) is 0 Å². The van der Waals surface area contributed by atoms with Crippen LogP contribution in [0.15, 0.2) is 30.5 Å². The molecule has 23 heavy (non-hydrogen) atoms. The monoisotopic (exact) mass is 334 g/mol. The Morgan fingerprint density at radius 2 is 1.65 bits per heavy atom. The van der Waals surface area contributed by atoms with Crippen molar-refractivity contribution in [3.63, 3.8) is 0 Å². The van der Waals surface area contributed by atoms with E-state index in [9.17, 15) is 0 Å². The van der Waals surface area contributed by atoms with Crippen LogP contribution >= 0.6 is 11.6 Å². The number of rotatable bonds is 1. The fourth-order valence-corrected chi connectivity index (χ4v) is 2.40. The van der Waals surface area contributed by atoms with Gasteiger partial charge in [0, 0.05) is 11.6 Å². The van der Waals surface area contributed by atoms with Crippen molar-refractivity contribution in [1.29, 1.82) is 0 Å². The number of nitrogens with zero attached hydrogens (tertiary/aromatic N) is 1. The number of hydrogen-bond donors (Lipinski definition) is 2. The Labute approximate surface area is 142 Å². The third-order valence-electron chi connectivity index (χ3n) is 4.20. The first-order valence-electron chi connectivity index (χ1n) is 7.21. The Balaban J connectivity index is 0.000000595. The van der Waals surface area contributed by atoms with E-state index in [0.29, 0.717) is 5.02 Å². The van der Waals surface area contributed by atoms with E-state index in [-0.39, 0.29) is 26.0 Å². The summed E-state index contributed by atoms with van der Waals surface area (Å²) in [6.45, 7) is 8.19. The van der Waals surface area contributed by atoms with Crippen molar-refractivity contribution in [3.8, 4) is 0 Å². The van der Waals surface area contributed by atoms with Crippen molar-refractivity contribution < 1.29 is 19.4 Å². The van der Waals surface area contributed by atoms with E-state index in [4.69, 9.17) is 31.0 Å². The van der Waals surface area contributed by atoms with Crippen LogP contribution in [0.1, 0.15) is 27.7 Å². The Morgan fingerprint density at radius 3 is 2.22 bits per heavy atom. The maximum atomic E-state index is 7.00. The van der Waals surface area contributed by atoms with E-state index in [0.717, 1.165) is 16.4 Å². The van der Waals surface area contributed by atoms with E-state index in [1.807, 2.05) is 52.0 Å². The van der Waals surface area contributed by atoms with Gasteiger partial charge in [0.1, 0.15) is 0 Å². The van der Waals surface area contributed by atoms with Crippen molar-refractivity contribution >= 4 is 42.8 Å². The molecule has 1 aromatic heterocycles.